The Kier molecular flexibility index (Phi) is 5.82. The zero-order valence-corrected chi connectivity index (χ0v) is 19.3. The van der Waals surface area contributed by atoms with Gasteiger partial charge in [-0.2, -0.15) is 18.3 Å². The van der Waals surface area contributed by atoms with E-state index in [2.05, 4.69) is 10.4 Å². The van der Waals surface area contributed by atoms with Crippen molar-refractivity contribution in [3.05, 3.63) is 65.4 Å². The molecule has 0 radical (unpaired) electrons. The fourth-order valence-electron chi connectivity index (χ4n) is 4.90. The summed E-state index contributed by atoms with van der Waals surface area (Å²) >= 11 is 0. The van der Waals surface area contributed by atoms with E-state index in [0.717, 1.165) is 28.8 Å². The number of nitrogens with one attached hydrogen (secondary N) is 1. The Morgan fingerprint density at radius 2 is 1.89 bits per heavy atom. The molecule has 0 saturated carbocycles. The lowest BCUT2D eigenvalue weighted by molar-refractivity contribution is -0.173. The number of benzene rings is 2. The van der Waals surface area contributed by atoms with Crippen molar-refractivity contribution < 1.29 is 27.4 Å². The number of hydrogen-bond donors (Lipinski definition) is 1. The van der Waals surface area contributed by atoms with E-state index >= 15 is 0 Å². The van der Waals surface area contributed by atoms with Gasteiger partial charge in [-0.15, -0.1) is 0 Å². The van der Waals surface area contributed by atoms with Crippen LogP contribution in [0.25, 0.3) is 0 Å². The summed E-state index contributed by atoms with van der Waals surface area (Å²) < 4.78 is 53.8. The number of methoxy groups -OCH3 is 2. The van der Waals surface area contributed by atoms with Gasteiger partial charge in [-0.05, 0) is 42.2 Å². The van der Waals surface area contributed by atoms with Crippen molar-refractivity contribution in [2.24, 2.45) is 0 Å². The number of aromatic nitrogens is 2. The van der Waals surface area contributed by atoms with E-state index in [4.69, 9.17) is 9.47 Å². The topological polar surface area (TPSA) is 68.6 Å². The molecule has 7 nitrogen and oxygen atoms in total. The van der Waals surface area contributed by atoms with Gasteiger partial charge in [0.05, 0.1) is 26.5 Å². The van der Waals surface area contributed by atoms with Crippen molar-refractivity contribution in [3.63, 3.8) is 0 Å². The van der Waals surface area contributed by atoms with Crippen LogP contribution >= 0.6 is 0 Å². The predicted octanol–water partition coefficient (Wildman–Crippen LogP) is 5.15. The molecule has 5 rings (SSSR count). The Morgan fingerprint density at radius 3 is 2.63 bits per heavy atom. The van der Waals surface area contributed by atoms with Gasteiger partial charge in [-0.3, -0.25) is 4.79 Å². The van der Waals surface area contributed by atoms with Crippen LogP contribution in [0.2, 0.25) is 0 Å². The lowest BCUT2D eigenvalue weighted by Crippen LogP contribution is -2.38. The molecule has 35 heavy (non-hydrogen) atoms. The first-order valence-electron chi connectivity index (χ1n) is 11.3. The monoisotopic (exact) mass is 486 g/mol. The van der Waals surface area contributed by atoms with Gasteiger partial charge >= 0.3 is 6.18 Å². The van der Waals surface area contributed by atoms with Crippen LogP contribution < -0.4 is 19.7 Å². The number of carbonyl (C=O) groups is 1. The number of nitrogens with zero attached hydrogens (tertiary/aromatic N) is 3. The molecule has 1 amide bonds. The van der Waals surface area contributed by atoms with E-state index in [9.17, 15) is 18.0 Å². The minimum atomic E-state index is -4.55. The number of hydrogen-bond acceptors (Lipinski definition) is 5. The van der Waals surface area contributed by atoms with Crippen LogP contribution in [0.3, 0.4) is 0 Å². The molecule has 0 unspecified atom stereocenters. The Bertz CT molecular complexity index is 1260. The number of amides is 1. The third-order valence-corrected chi connectivity index (χ3v) is 6.63. The fraction of sp³-hybridized carbons (Fsp3) is 0.360. The number of alkyl halides is 3. The molecule has 2 atom stereocenters. The van der Waals surface area contributed by atoms with Crippen LogP contribution in [0, 0.1) is 0 Å². The maximum atomic E-state index is 14.1. The second kappa shape index (κ2) is 8.83. The first-order valence-corrected chi connectivity index (χ1v) is 11.3. The highest BCUT2D eigenvalue weighted by Gasteiger charge is 2.47. The second-order valence-corrected chi connectivity index (χ2v) is 8.64. The summed E-state index contributed by atoms with van der Waals surface area (Å²) in [4.78, 5) is 15.2. The van der Waals surface area contributed by atoms with E-state index in [0.29, 0.717) is 23.6 Å². The lowest BCUT2D eigenvalue weighted by atomic mass is 9.96. The van der Waals surface area contributed by atoms with Crippen LogP contribution in [0.15, 0.2) is 48.7 Å². The number of anilines is 2. The first-order chi connectivity index (χ1) is 16.8. The summed E-state index contributed by atoms with van der Waals surface area (Å²) in [6, 6.07) is 9.99. The number of halogens is 3. The van der Waals surface area contributed by atoms with Gasteiger partial charge in [-0.1, -0.05) is 24.3 Å². The highest BCUT2D eigenvalue weighted by Crippen LogP contribution is 2.45. The number of ether oxygens (including phenoxy) is 2. The standard InChI is InChI=1S/C25H25F3N4O3/c1-34-20-10-9-16(12-21(20)35-2)18-13-22(25(26,27)28)32-23(30-18)17(14-29-32)24(33)31-11-5-7-15-6-3-4-8-19(15)31/h3-4,6,8-10,12,14,18,22,30H,5,7,11,13H2,1-2H3/t18-,22-/m0/s1. The summed E-state index contributed by atoms with van der Waals surface area (Å²) in [7, 11) is 2.96. The molecule has 0 bridgehead atoms. The molecule has 1 aromatic heterocycles. The Hall–Kier alpha value is -3.69. The summed E-state index contributed by atoms with van der Waals surface area (Å²) in [6.07, 6.45) is -1.97. The van der Waals surface area contributed by atoms with Crippen LogP contribution in [0.5, 0.6) is 11.5 Å². The minimum absolute atomic E-state index is 0.0615. The zero-order chi connectivity index (χ0) is 24.7. The van der Waals surface area contributed by atoms with Gasteiger partial charge in [-0.25, -0.2) is 4.68 Å². The van der Waals surface area contributed by atoms with Crippen LogP contribution in [-0.4, -0.2) is 42.6 Å². The highest BCUT2D eigenvalue weighted by atomic mass is 19.4. The number of fused-ring (bicyclic) bond motifs is 2. The predicted molar refractivity (Wildman–Crippen MR) is 124 cm³/mol. The van der Waals surface area contributed by atoms with Crippen molar-refractivity contribution in [2.45, 2.75) is 37.5 Å². The van der Waals surface area contributed by atoms with Crippen molar-refractivity contribution in [1.82, 2.24) is 9.78 Å². The molecule has 0 saturated heterocycles. The van der Waals surface area contributed by atoms with Gasteiger partial charge in [0, 0.05) is 18.7 Å². The molecular weight excluding hydrogens is 461 g/mol. The number of aryl methyl sites for hydroxylation is 1. The van der Waals surface area contributed by atoms with Gasteiger partial charge in [0.1, 0.15) is 11.4 Å². The number of carbonyl (C=O) groups excluding carboxylic acids is 1. The van der Waals surface area contributed by atoms with E-state index in [1.165, 1.54) is 20.4 Å². The summed E-state index contributed by atoms with van der Waals surface area (Å²) in [5, 5.41) is 7.16. The molecule has 0 fully saturated rings. The average molecular weight is 486 g/mol. The minimum Gasteiger partial charge on any atom is -0.493 e. The smallest absolute Gasteiger partial charge is 0.410 e. The Morgan fingerprint density at radius 1 is 1.11 bits per heavy atom. The van der Waals surface area contributed by atoms with Gasteiger partial charge < -0.3 is 19.7 Å². The van der Waals surface area contributed by atoms with E-state index in [-0.39, 0.29) is 23.7 Å². The summed E-state index contributed by atoms with van der Waals surface area (Å²) in [5.74, 6) is 0.575. The Labute approximate surface area is 200 Å². The quantitative estimate of drug-likeness (QED) is 0.552. The third-order valence-electron chi connectivity index (χ3n) is 6.63. The molecule has 1 N–H and O–H groups in total. The van der Waals surface area contributed by atoms with Gasteiger partial charge in [0.2, 0.25) is 0 Å². The van der Waals surface area contributed by atoms with Crippen LogP contribution in [-0.2, 0) is 6.42 Å². The normalized spacial score (nSPS) is 19.4. The SMILES string of the molecule is COc1ccc([C@@H]2C[C@@H](C(F)(F)F)n3ncc(C(=O)N4CCCc5ccccc54)c3N2)cc1OC. The third kappa shape index (κ3) is 4.06. The molecular formula is C25H25F3N4O3. The first kappa shape index (κ1) is 23.1. The molecule has 2 aromatic carbocycles. The number of rotatable bonds is 4. The summed E-state index contributed by atoms with van der Waals surface area (Å²) in [6.45, 7) is 0.488. The molecule has 2 aliphatic heterocycles. The van der Waals surface area contributed by atoms with Gasteiger partial charge in [0.25, 0.3) is 5.91 Å². The van der Waals surface area contributed by atoms with E-state index in [1.54, 1.807) is 23.1 Å². The average Bonchev–Trinajstić information content (AvgIpc) is 3.30. The lowest BCUT2D eigenvalue weighted by Gasteiger charge is -2.35. The van der Waals surface area contributed by atoms with Gasteiger partial charge in [0.15, 0.2) is 17.5 Å². The fourth-order valence-corrected chi connectivity index (χ4v) is 4.90. The van der Waals surface area contributed by atoms with Crippen molar-refractivity contribution in [2.75, 3.05) is 31.0 Å². The maximum Gasteiger partial charge on any atom is 0.410 e. The molecule has 3 heterocycles. The highest BCUT2D eigenvalue weighted by molar-refractivity contribution is 6.09. The molecule has 3 aromatic rings. The second-order valence-electron chi connectivity index (χ2n) is 8.64. The van der Waals surface area contributed by atoms with Crippen LogP contribution in [0.1, 0.15) is 46.4 Å². The molecule has 0 aliphatic carbocycles. The summed E-state index contributed by atoms with van der Waals surface area (Å²) in [5.41, 5.74) is 2.52. The van der Waals surface area contributed by atoms with E-state index in [1.807, 2.05) is 24.3 Å². The Balaban J connectivity index is 1.54. The van der Waals surface area contributed by atoms with Crippen molar-refractivity contribution >= 4 is 17.4 Å². The maximum absolute atomic E-state index is 14.1. The molecule has 2 aliphatic rings. The van der Waals surface area contributed by atoms with Crippen molar-refractivity contribution in [3.8, 4) is 11.5 Å². The zero-order valence-electron chi connectivity index (χ0n) is 19.3. The molecule has 0 spiro atoms. The van der Waals surface area contributed by atoms with Crippen molar-refractivity contribution in [1.29, 1.82) is 0 Å². The van der Waals surface area contributed by atoms with E-state index < -0.39 is 18.3 Å². The van der Waals surface area contributed by atoms with Crippen LogP contribution in [0.4, 0.5) is 24.7 Å². The number of para-hydroxylation sites is 1. The molecule has 184 valence electrons. The molecule has 10 heteroatoms. The largest absolute Gasteiger partial charge is 0.493 e.